The second-order valence-electron chi connectivity index (χ2n) is 4.94. The first-order valence-corrected chi connectivity index (χ1v) is 7.56. The van der Waals surface area contributed by atoms with Gasteiger partial charge in [-0.1, -0.05) is 28.4 Å². The summed E-state index contributed by atoms with van der Waals surface area (Å²) in [5.41, 5.74) is 3.13. The molecule has 3 N–H and O–H groups in total. The second-order valence-corrected chi connectivity index (χ2v) is 5.75. The number of hydrogen-bond acceptors (Lipinski definition) is 5. The van der Waals surface area contributed by atoms with E-state index in [1.165, 1.54) is 11.5 Å². The number of H-pyrrole nitrogens is 1. The molecule has 0 aliphatic carbocycles. The van der Waals surface area contributed by atoms with Crippen molar-refractivity contribution in [3.63, 3.8) is 0 Å². The molecule has 0 fully saturated rings. The van der Waals surface area contributed by atoms with Gasteiger partial charge in [0.25, 0.3) is 5.91 Å². The van der Waals surface area contributed by atoms with Gasteiger partial charge in [-0.05, 0) is 18.6 Å². The minimum absolute atomic E-state index is 0.0375. The van der Waals surface area contributed by atoms with Crippen LogP contribution in [0.4, 0.5) is 0 Å². The van der Waals surface area contributed by atoms with E-state index in [0.29, 0.717) is 28.6 Å². The number of carbonyl (C=O) groups excluding carboxylic acids is 1. The molecule has 1 aromatic carbocycles. The number of aromatic amines is 1. The average molecular weight is 355 g/mol. The molecule has 9 heteroatoms. The van der Waals surface area contributed by atoms with Crippen LogP contribution in [0, 0.1) is 0 Å². The fourth-order valence-electron chi connectivity index (χ4n) is 2.20. The van der Waals surface area contributed by atoms with Gasteiger partial charge in [0.05, 0.1) is 21.1 Å². The van der Waals surface area contributed by atoms with Crippen LogP contribution in [-0.4, -0.2) is 26.2 Å². The molecule has 1 amide bonds. The summed E-state index contributed by atoms with van der Waals surface area (Å²) in [6.45, 7) is 0. The minimum atomic E-state index is -0.703. The van der Waals surface area contributed by atoms with Gasteiger partial charge >= 0.3 is 0 Å². The Bertz CT molecular complexity index is 820. The fraction of sp³-hybridized carbons (Fsp3) is 0.214. The lowest BCUT2D eigenvalue weighted by molar-refractivity contribution is 0.0696. The van der Waals surface area contributed by atoms with Crippen LogP contribution in [0.1, 0.15) is 28.5 Å². The van der Waals surface area contributed by atoms with E-state index >= 15 is 0 Å². The highest BCUT2D eigenvalue weighted by molar-refractivity contribution is 6.42. The van der Waals surface area contributed by atoms with E-state index in [1.54, 1.807) is 12.1 Å². The second kappa shape index (κ2) is 6.57. The van der Waals surface area contributed by atoms with Crippen molar-refractivity contribution in [2.24, 2.45) is 0 Å². The molecule has 0 atom stereocenters. The Morgan fingerprint density at radius 3 is 2.83 bits per heavy atom. The van der Waals surface area contributed by atoms with Crippen molar-refractivity contribution in [1.82, 2.24) is 20.6 Å². The molecule has 23 heavy (non-hydrogen) atoms. The summed E-state index contributed by atoms with van der Waals surface area (Å²) < 4.78 is 5.03. The predicted octanol–water partition coefficient (Wildman–Crippen LogP) is 3.15. The van der Waals surface area contributed by atoms with Crippen molar-refractivity contribution in [2.75, 3.05) is 0 Å². The van der Waals surface area contributed by atoms with E-state index in [0.717, 1.165) is 23.3 Å². The van der Waals surface area contributed by atoms with Gasteiger partial charge in [-0.25, -0.2) is 10.5 Å². The van der Waals surface area contributed by atoms with Crippen molar-refractivity contribution < 1.29 is 14.5 Å². The Labute approximate surface area is 140 Å². The summed E-state index contributed by atoms with van der Waals surface area (Å²) in [6.07, 6.45) is 2.02. The number of fused-ring (bicyclic) bond motifs is 1. The van der Waals surface area contributed by atoms with Crippen molar-refractivity contribution in [3.05, 3.63) is 45.5 Å². The van der Waals surface area contributed by atoms with E-state index in [-0.39, 0.29) is 5.69 Å². The van der Waals surface area contributed by atoms with Crippen molar-refractivity contribution in [2.45, 2.75) is 19.3 Å². The molecule has 3 rings (SSSR count). The molecule has 0 aliphatic rings. The van der Waals surface area contributed by atoms with Gasteiger partial charge in [-0.2, -0.15) is 0 Å². The number of amides is 1. The highest BCUT2D eigenvalue weighted by Crippen LogP contribution is 2.26. The zero-order valence-corrected chi connectivity index (χ0v) is 13.3. The summed E-state index contributed by atoms with van der Waals surface area (Å²) in [7, 11) is 0. The van der Waals surface area contributed by atoms with Gasteiger partial charge in [-0.15, -0.1) is 0 Å². The van der Waals surface area contributed by atoms with Crippen molar-refractivity contribution >= 4 is 40.1 Å². The topological polar surface area (TPSA) is 104 Å². The molecule has 120 valence electrons. The van der Waals surface area contributed by atoms with Crippen LogP contribution in [0.25, 0.3) is 11.0 Å². The summed E-state index contributed by atoms with van der Waals surface area (Å²) in [4.78, 5) is 18.8. The zero-order valence-electron chi connectivity index (χ0n) is 11.8. The number of nitrogens with one attached hydrogen (secondary N) is 2. The van der Waals surface area contributed by atoms with E-state index in [2.05, 4.69) is 15.1 Å². The van der Waals surface area contributed by atoms with Crippen LogP contribution in [0.2, 0.25) is 10.0 Å². The molecule has 0 bridgehead atoms. The number of imidazole rings is 1. The Hall–Kier alpha value is -2.09. The maximum atomic E-state index is 11.2. The molecule has 0 unspecified atom stereocenters. The third-order valence-corrected chi connectivity index (χ3v) is 4.03. The van der Waals surface area contributed by atoms with Crippen LogP contribution in [0.3, 0.4) is 0 Å². The van der Waals surface area contributed by atoms with Gasteiger partial charge < -0.3 is 9.51 Å². The molecule has 7 nitrogen and oxygen atoms in total. The van der Waals surface area contributed by atoms with E-state index in [4.69, 9.17) is 32.9 Å². The molecule has 0 spiro atoms. The normalized spacial score (nSPS) is 11.1. The Kier molecular flexibility index (Phi) is 4.51. The zero-order chi connectivity index (χ0) is 16.4. The largest absolute Gasteiger partial charge is 0.361 e. The van der Waals surface area contributed by atoms with Gasteiger partial charge in [-0.3, -0.25) is 10.0 Å². The third kappa shape index (κ3) is 3.47. The van der Waals surface area contributed by atoms with Gasteiger partial charge in [0, 0.05) is 18.9 Å². The Morgan fingerprint density at radius 2 is 2.04 bits per heavy atom. The number of halogens is 2. The molecule has 3 aromatic rings. The lowest BCUT2D eigenvalue weighted by Crippen LogP contribution is -2.18. The highest BCUT2D eigenvalue weighted by atomic mass is 35.5. The number of aromatic nitrogens is 3. The predicted molar refractivity (Wildman–Crippen MR) is 83.9 cm³/mol. The van der Waals surface area contributed by atoms with Crippen molar-refractivity contribution in [1.29, 1.82) is 0 Å². The fourth-order valence-corrected chi connectivity index (χ4v) is 2.52. The maximum Gasteiger partial charge on any atom is 0.296 e. The van der Waals surface area contributed by atoms with E-state index in [1.807, 2.05) is 0 Å². The number of carbonyl (C=O) groups is 1. The quantitative estimate of drug-likeness (QED) is 0.482. The molecule has 0 radical (unpaired) electrons. The maximum absolute atomic E-state index is 11.2. The van der Waals surface area contributed by atoms with Crippen LogP contribution < -0.4 is 5.48 Å². The van der Waals surface area contributed by atoms with Crippen molar-refractivity contribution in [3.8, 4) is 0 Å². The number of nitrogens with zero attached hydrogens (tertiary/aromatic N) is 2. The molecule has 0 aliphatic heterocycles. The summed E-state index contributed by atoms with van der Waals surface area (Å²) in [5.74, 6) is 0.669. The molecular formula is C14H12Cl2N4O3. The number of hydrogen-bond donors (Lipinski definition) is 3. The first kappa shape index (κ1) is 15.8. The molecule has 2 aromatic heterocycles. The molecular weight excluding hydrogens is 343 g/mol. The lowest BCUT2D eigenvalue weighted by Gasteiger charge is -1.94. The third-order valence-electron chi connectivity index (χ3n) is 3.30. The van der Waals surface area contributed by atoms with Crippen LogP contribution in [0.15, 0.2) is 22.7 Å². The average Bonchev–Trinajstić information content (AvgIpc) is 3.14. The van der Waals surface area contributed by atoms with Gasteiger partial charge in [0.15, 0.2) is 5.69 Å². The molecule has 0 saturated heterocycles. The number of benzene rings is 1. The summed E-state index contributed by atoms with van der Waals surface area (Å²) in [6, 6.07) is 4.95. The molecule has 2 heterocycles. The lowest BCUT2D eigenvalue weighted by atomic mass is 10.2. The first-order chi connectivity index (χ1) is 11.1. The highest BCUT2D eigenvalue weighted by Gasteiger charge is 2.12. The number of aryl methyl sites for hydroxylation is 2. The smallest absolute Gasteiger partial charge is 0.296 e. The van der Waals surface area contributed by atoms with E-state index < -0.39 is 5.91 Å². The van der Waals surface area contributed by atoms with E-state index in [9.17, 15) is 4.79 Å². The first-order valence-electron chi connectivity index (χ1n) is 6.80. The summed E-state index contributed by atoms with van der Waals surface area (Å²) >= 11 is 11.9. The van der Waals surface area contributed by atoms with Crippen LogP contribution >= 0.6 is 23.2 Å². The van der Waals surface area contributed by atoms with Crippen LogP contribution in [0.5, 0.6) is 0 Å². The minimum Gasteiger partial charge on any atom is -0.361 e. The summed E-state index contributed by atoms with van der Waals surface area (Å²) in [5, 5.41) is 13.0. The van der Waals surface area contributed by atoms with Gasteiger partial charge in [0.2, 0.25) is 0 Å². The SMILES string of the molecule is O=C(NO)c1cc(CCCc2nc3cc(Cl)c(Cl)cc3[nH]2)on1. The number of rotatable bonds is 5. The number of hydroxylamine groups is 1. The van der Waals surface area contributed by atoms with Gasteiger partial charge in [0.1, 0.15) is 11.6 Å². The monoisotopic (exact) mass is 354 g/mol. The molecule has 0 saturated carbocycles. The van der Waals surface area contributed by atoms with Crippen LogP contribution in [-0.2, 0) is 12.8 Å². The Balaban J connectivity index is 1.62. The Morgan fingerprint density at radius 1 is 1.26 bits per heavy atom. The standard InChI is InChI=1S/C14H12Cl2N4O3/c15-8-5-10-11(6-9(8)16)18-13(17-10)3-1-2-7-4-12(20-23-7)14(21)19-22/h4-6,22H,1-3H2,(H,17,18)(H,19,21).